The first kappa shape index (κ1) is 47.0. The van der Waals surface area contributed by atoms with E-state index in [0.717, 1.165) is 85.1 Å². The smallest absolute Gasteiger partial charge is 0.407 e. The molecule has 71 heavy (non-hydrogen) atoms. The number of likely N-dealkylation sites (tertiary alicyclic amines) is 2. The molecule has 5 aliphatic carbocycles. The predicted octanol–water partition coefficient (Wildman–Crippen LogP) is 8.54. The lowest BCUT2D eigenvalue weighted by molar-refractivity contribution is -0.139. The molecule has 4 heterocycles. The Hall–Kier alpha value is -6.38. The first-order chi connectivity index (χ1) is 34.2. The van der Waals surface area contributed by atoms with E-state index in [9.17, 15) is 24.0 Å². The largest absolute Gasteiger partial charge is 0.453 e. The summed E-state index contributed by atoms with van der Waals surface area (Å²) in [4.78, 5) is 89.0. The summed E-state index contributed by atoms with van der Waals surface area (Å²) in [6.07, 6.45) is 19.2. The number of imidazole rings is 1. The number of aromatic nitrogens is 2. The number of allylic oxidation sites excluding steroid dienone is 3. The van der Waals surface area contributed by atoms with E-state index in [2.05, 4.69) is 63.1 Å². The lowest BCUT2D eigenvalue weighted by Crippen LogP contribution is -2.58. The van der Waals surface area contributed by atoms with Gasteiger partial charge in [-0.1, -0.05) is 89.1 Å². The summed E-state index contributed by atoms with van der Waals surface area (Å²) in [5, 5.41) is 5.53. The van der Waals surface area contributed by atoms with Crippen molar-refractivity contribution in [3.8, 4) is 22.4 Å². The Balaban J connectivity index is 0.841. The summed E-state index contributed by atoms with van der Waals surface area (Å²) in [7, 11) is 2.60. The number of ether oxygens (including phenoxy) is 2. The average molecular weight is 963 g/mol. The second kappa shape index (κ2) is 18.3. The fraction of sp³-hybridized carbons (Fsp3) is 0.536. The van der Waals surface area contributed by atoms with Gasteiger partial charge in [0.1, 0.15) is 23.8 Å². The number of H-pyrrole nitrogens is 1. The fourth-order valence-electron chi connectivity index (χ4n) is 14.0. The maximum absolute atomic E-state index is 14.2. The molecular weight excluding hydrogens is 897 g/mol. The summed E-state index contributed by atoms with van der Waals surface area (Å²) in [6.45, 7) is 7.67. The molecule has 9 atom stereocenters. The van der Waals surface area contributed by atoms with Crippen LogP contribution in [0.3, 0.4) is 0 Å². The number of rotatable bonds is 11. The van der Waals surface area contributed by atoms with Gasteiger partial charge in [-0.15, -0.1) is 0 Å². The number of nitrogens with zero attached hydrogens (tertiary/aromatic N) is 5. The maximum Gasteiger partial charge on any atom is 0.407 e. The molecule has 3 N–H and O–H groups in total. The molecule has 2 saturated heterocycles. The number of alkyl carbamates (subject to hydrolysis) is 2. The van der Waals surface area contributed by atoms with Gasteiger partial charge in [0, 0.05) is 12.1 Å². The molecule has 0 radical (unpaired) electrons. The summed E-state index contributed by atoms with van der Waals surface area (Å²) in [5.41, 5.74) is 10.1. The molecule has 5 amide bonds. The van der Waals surface area contributed by atoms with Gasteiger partial charge < -0.3 is 34.9 Å². The van der Waals surface area contributed by atoms with E-state index in [1.165, 1.54) is 56.6 Å². The highest BCUT2D eigenvalue weighted by Crippen LogP contribution is 2.54. The minimum Gasteiger partial charge on any atom is -0.453 e. The van der Waals surface area contributed by atoms with Crippen LogP contribution in [0.2, 0.25) is 0 Å². The number of carbonyl (C=O) groups excluding carboxylic acids is 5. The number of piperidine rings is 2. The van der Waals surface area contributed by atoms with E-state index in [0.29, 0.717) is 17.5 Å². The predicted molar refractivity (Wildman–Crippen MR) is 269 cm³/mol. The Kier molecular flexibility index (Phi) is 12.1. The Labute approximate surface area is 415 Å². The number of fused-ring (bicyclic) bond motifs is 6. The van der Waals surface area contributed by atoms with Crippen molar-refractivity contribution in [3.63, 3.8) is 0 Å². The molecule has 3 aromatic rings. The van der Waals surface area contributed by atoms with Crippen LogP contribution in [0, 0.1) is 35.0 Å². The van der Waals surface area contributed by atoms with Crippen molar-refractivity contribution in [2.24, 2.45) is 45.0 Å². The molecular formula is C56H66N8O7. The summed E-state index contributed by atoms with van der Waals surface area (Å²) >= 11 is 0. The highest BCUT2D eigenvalue weighted by atomic mass is 16.5. The zero-order chi connectivity index (χ0) is 49.5. The number of benzene rings is 2. The summed E-state index contributed by atoms with van der Waals surface area (Å²) < 4.78 is 9.72. The van der Waals surface area contributed by atoms with Crippen LogP contribution >= 0.6 is 0 Å². The quantitative estimate of drug-likeness (QED) is 0.171. The molecule has 3 aliphatic heterocycles. The minimum atomic E-state index is -0.773. The molecule has 11 rings (SSSR count). The third kappa shape index (κ3) is 8.20. The molecule has 5 fully saturated rings. The Morgan fingerprint density at radius 3 is 1.89 bits per heavy atom. The number of nitrogens with one attached hydrogen (secondary N) is 3. The highest BCUT2D eigenvalue weighted by molar-refractivity contribution is 6.24. The highest BCUT2D eigenvalue weighted by Gasteiger charge is 2.54. The van der Waals surface area contributed by atoms with Gasteiger partial charge in [-0.3, -0.25) is 14.4 Å². The number of amides is 5. The van der Waals surface area contributed by atoms with Crippen molar-refractivity contribution in [1.29, 1.82) is 0 Å². The van der Waals surface area contributed by atoms with Gasteiger partial charge in [0.2, 0.25) is 11.8 Å². The topological polar surface area (TPSA) is 188 Å². The lowest BCUT2D eigenvalue weighted by Gasteiger charge is -2.38. The zero-order valence-electron chi connectivity index (χ0n) is 41.7. The van der Waals surface area contributed by atoms with Crippen LogP contribution in [-0.2, 0) is 36.7 Å². The van der Waals surface area contributed by atoms with E-state index in [4.69, 9.17) is 19.5 Å². The van der Waals surface area contributed by atoms with Gasteiger partial charge in [-0.05, 0) is 138 Å². The number of hydrogen-bond acceptors (Lipinski definition) is 9. The number of aromatic amines is 1. The minimum absolute atomic E-state index is 0.00435. The van der Waals surface area contributed by atoms with Gasteiger partial charge in [0.05, 0.1) is 43.9 Å². The van der Waals surface area contributed by atoms with E-state index >= 15 is 0 Å². The van der Waals surface area contributed by atoms with Crippen LogP contribution in [0.4, 0.5) is 9.59 Å². The standard InChI is InChI=1S/C56H66N8O7/c1-29(2)45(60-54(68)70-5)52(66)63-36-16-13-34(23-36)47(63)49-57-28-44(59-49)32-11-9-31(10-12-32)38-18-19-39(42-27-56(26-41(38)42)21-7-8-22-56)33-15-20-43-40(25-33)51(65)62-50(58-43)48-35-14-17-37(24-35)64(48)53(67)46(30(3)4)61-55(69)71-6/h9-12,15,18-20,25,28-30,34-37,40,45-48H,7-8,13-14,16-17,21-24,26-27H2,1-6H3,(H,57,59)(H,60,68)(H,61,69)/t34-,35-,36+,37+,40?,45-,46-,47-,48-/m0/s1. The van der Waals surface area contributed by atoms with Crippen molar-refractivity contribution < 1.29 is 33.4 Å². The third-order valence-electron chi connectivity index (χ3n) is 17.5. The zero-order valence-corrected chi connectivity index (χ0v) is 41.7. The van der Waals surface area contributed by atoms with Gasteiger partial charge >= 0.3 is 12.2 Å². The summed E-state index contributed by atoms with van der Waals surface area (Å²) in [5.74, 6) is 0.151. The molecule has 1 spiro atoms. The van der Waals surface area contributed by atoms with Crippen LogP contribution in [0.5, 0.6) is 0 Å². The van der Waals surface area contributed by atoms with Crippen molar-refractivity contribution in [2.45, 2.75) is 141 Å². The van der Waals surface area contributed by atoms with E-state index in [1.54, 1.807) is 0 Å². The monoisotopic (exact) mass is 963 g/mol. The molecule has 4 bridgehead atoms. The first-order valence-electron chi connectivity index (χ1n) is 26.0. The Morgan fingerprint density at radius 1 is 0.718 bits per heavy atom. The number of carbonyl (C=O) groups is 5. The second-order valence-electron chi connectivity index (χ2n) is 22.3. The number of hydrogen-bond donors (Lipinski definition) is 3. The Morgan fingerprint density at radius 2 is 1.28 bits per heavy atom. The van der Waals surface area contributed by atoms with Crippen molar-refractivity contribution in [3.05, 3.63) is 83.3 Å². The maximum atomic E-state index is 14.2. The van der Waals surface area contributed by atoms with Gasteiger partial charge in [0.25, 0.3) is 5.91 Å². The van der Waals surface area contributed by atoms with E-state index in [-0.39, 0.29) is 59.0 Å². The molecule has 2 aromatic carbocycles. The molecule has 1 aromatic heterocycles. The molecule has 3 saturated carbocycles. The van der Waals surface area contributed by atoms with Gasteiger partial charge in [-0.25, -0.2) is 19.6 Å². The van der Waals surface area contributed by atoms with Crippen LogP contribution < -0.4 is 10.6 Å². The fourth-order valence-corrected chi connectivity index (χ4v) is 14.0. The average Bonchev–Trinajstić information content (AvgIpc) is 4.26. The van der Waals surface area contributed by atoms with Crippen LogP contribution in [-0.4, -0.2) is 106 Å². The van der Waals surface area contributed by atoms with Crippen molar-refractivity contribution in [2.75, 3.05) is 14.2 Å². The summed E-state index contributed by atoms with van der Waals surface area (Å²) in [6, 6.07) is 11.2. The van der Waals surface area contributed by atoms with Gasteiger partial charge in [-0.2, -0.15) is 4.99 Å². The second-order valence-corrected chi connectivity index (χ2v) is 22.3. The van der Waals surface area contributed by atoms with E-state index in [1.807, 2.05) is 55.8 Å². The molecule has 8 aliphatic rings. The number of methoxy groups -OCH3 is 2. The van der Waals surface area contributed by atoms with Crippen LogP contribution in [0.15, 0.2) is 70.8 Å². The van der Waals surface area contributed by atoms with Crippen LogP contribution in [0.25, 0.3) is 28.0 Å². The molecule has 1 unspecified atom stereocenters. The van der Waals surface area contributed by atoms with Crippen molar-refractivity contribution in [1.82, 2.24) is 30.4 Å². The normalized spacial score (nSPS) is 27.4. The number of amidine groups is 1. The lowest BCUT2D eigenvalue weighted by atomic mass is 9.82. The van der Waals surface area contributed by atoms with E-state index < -0.39 is 36.2 Å². The molecule has 372 valence electrons. The van der Waals surface area contributed by atoms with Crippen molar-refractivity contribution >= 4 is 47.0 Å². The molecule has 15 heteroatoms. The third-order valence-corrected chi connectivity index (χ3v) is 17.5. The SMILES string of the molecule is COC(=O)N[C@H](C(=O)N1[C@@H]2CC[C@@H](C2)[C@H]1C1=NC(=O)C2C=C(c3ccc(-c4ccc(-c5cnc([C@@H]6[C@H]7CC[C@H](C7)N6C(=O)[C@@H](NC(=O)OC)C(C)C)[nH]5)cc4)c4c3CC3(CCCC3)C4)C=CC2=N1)C(C)C. The van der Waals surface area contributed by atoms with Crippen LogP contribution in [0.1, 0.15) is 120 Å². The molecule has 15 nitrogen and oxygen atoms in total. The Bertz CT molecular complexity index is 2800. The van der Waals surface area contributed by atoms with Gasteiger partial charge in [0.15, 0.2) is 5.84 Å². The first-order valence-corrected chi connectivity index (χ1v) is 26.0. The number of aliphatic imine (C=N–C) groups is 2.